The van der Waals surface area contributed by atoms with E-state index in [1.807, 2.05) is 18.2 Å². The van der Waals surface area contributed by atoms with Gasteiger partial charge in [-0.25, -0.2) is 0 Å². The SMILES string of the molecule is Cc1oncc1/C(O)=C(\C#N)C(=O)Nc1ccc(C(=O)Nc2ccccc2)cc1. The number of aryl methyl sites for hydroxylation is 1. The Labute approximate surface area is 166 Å². The van der Waals surface area contributed by atoms with Gasteiger partial charge in [-0.15, -0.1) is 0 Å². The Kier molecular flexibility index (Phi) is 5.71. The van der Waals surface area contributed by atoms with Crippen LogP contribution in [0, 0.1) is 18.3 Å². The van der Waals surface area contributed by atoms with Gasteiger partial charge in [0, 0.05) is 16.9 Å². The van der Waals surface area contributed by atoms with Crippen molar-refractivity contribution in [1.29, 1.82) is 5.26 Å². The Bertz CT molecular complexity index is 1110. The highest BCUT2D eigenvalue weighted by Crippen LogP contribution is 2.21. The largest absolute Gasteiger partial charge is 0.506 e. The highest BCUT2D eigenvalue weighted by molar-refractivity contribution is 6.11. The second-order valence-electron chi connectivity index (χ2n) is 5.98. The molecule has 3 rings (SSSR count). The first-order valence-electron chi connectivity index (χ1n) is 8.52. The fraction of sp³-hybridized carbons (Fsp3) is 0.0476. The van der Waals surface area contributed by atoms with Crippen molar-refractivity contribution in [1.82, 2.24) is 5.16 Å². The standard InChI is InChI=1S/C21H16N4O4/c1-13-18(12-23-29-13)19(26)17(11-22)21(28)25-16-9-7-14(8-10-16)20(27)24-15-5-3-2-4-6-15/h2-10,12,26H,1H3,(H,24,27)(H,25,28)/b19-17-. The highest BCUT2D eigenvalue weighted by Gasteiger charge is 2.20. The third-order valence-electron chi connectivity index (χ3n) is 4.02. The molecule has 1 heterocycles. The average Bonchev–Trinajstić information content (AvgIpc) is 3.15. The van der Waals surface area contributed by atoms with E-state index in [0.29, 0.717) is 16.9 Å². The van der Waals surface area contributed by atoms with Crippen molar-refractivity contribution in [2.75, 3.05) is 10.6 Å². The predicted octanol–water partition coefficient (Wildman–Crippen LogP) is 3.67. The smallest absolute Gasteiger partial charge is 0.270 e. The van der Waals surface area contributed by atoms with E-state index in [4.69, 9.17) is 4.52 Å². The van der Waals surface area contributed by atoms with E-state index in [1.165, 1.54) is 30.5 Å². The van der Waals surface area contributed by atoms with Gasteiger partial charge in [-0.05, 0) is 43.3 Å². The molecule has 0 spiro atoms. The molecule has 0 fully saturated rings. The molecule has 29 heavy (non-hydrogen) atoms. The first-order valence-corrected chi connectivity index (χ1v) is 8.52. The fourth-order valence-corrected chi connectivity index (χ4v) is 2.50. The minimum absolute atomic E-state index is 0.157. The van der Waals surface area contributed by atoms with Gasteiger partial charge in [0.2, 0.25) is 0 Å². The molecular formula is C21H16N4O4. The summed E-state index contributed by atoms with van der Waals surface area (Å²) < 4.78 is 4.83. The van der Waals surface area contributed by atoms with E-state index in [-0.39, 0.29) is 17.2 Å². The summed E-state index contributed by atoms with van der Waals surface area (Å²) in [6, 6.07) is 16.8. The van der Waals surface area contributed by atoms with Crippen molar-refractivity contribution >= 4 is 28.9 Å². The van der Waals surface area contributed by atoms with E-state index >= 15 is 0 Å². The summed E-state index contributed by atoms with van der Waals surface area (Å²) in [5, 5.41) is 28.2. The van der Waals surface area contributed by atoms with E-state index in [9.17, 15) is 20.0 Å². The van der Waals surface area contributed by atoms with Gasteiger partial charge in [0.15, 0.2) is 11.3 Å². The van der Waals surface area contributed by atoms with Crippen molar-refractivity contribution in [3.8, 4) is 6.07 Å². The quantitative estimate of drug-likeness (QED) is 0.347. The van der Waals surface area contributed by atoms with Gasteiger partial charge >= 0.3 is 0 Å². The zero-order chi connectivity index (χ0) is 20.8. The first-order chi connectivity index (χ1) is 14.0. The maximum Gasteiger partial charge on any atom is 0.270 e. The van der Waals surface area contributed by atoms with Crippen LogP contribution >= 0.6 is 0 Å². The van der Waals surface area contributed by atoms with Crippen molar-refractivity contribution < 1.29 is 19.2 Å². The number of anilines is 2. The number of nitrogens with zero attached hydrogens (tertiary/aromatic N) is 2. The van der Waals surface area contributed by atoms with E-state index in [1.54, 1.807) is 25.1 Å². The van der Waals surface area contributed by atoms with Gasteiger partial charge in [-0.3, -0.25) is 9.59 Å². The fourth-order valence-electron chi connectivity index (χ4n) is 2.50. The van der Waals surface area contributed by atoms with Gasteiger partial charge in [0.05, 0.1) is 11.8 Å². The molecule has 0 aliphatic carbocycles. The van der Waals surface area contributed by atoms with Gasteiger partial charge in [-0.1, -0.05) is 23.4 Å². The van der Waals surface area contributed by atoms with E-state index in [0.717, 1.165) is 0 Å². The number of hydrogen-bond donors (Lipinski definition) is 3. The Morgan fingerprint density at radius 2 is 1.69 bits per heavy atom. The molecule has 2 aromatic carbocycles. The van der Waals surface area contributed by atoms with Crippen LogP contribution in [0.25, 0.3) is 5.76 Å². The summed E-state index contributed by atoms with van der Waals surface area (Å²) in [6.07, 6.45) is 1.22. The van der Waals surface area contributed by atoms with Crippen molar-refractivity contribution in [2.24, 2.45) is 0 Å². The molecule has 0 aliphatic rings. The van der Waals surface area contributed by atoms with Gasteiger partial charge in [0.25, 0.3) is 11.8 Å². The lowest BCUT2D eigenvalue weighted by Gasteiger charge is -2.08. The molecule has 0 atom stereocenters. The lowest BCUT2D eigenvalue weighted by atomic mass is 10.1. The number of nitrogens with one attached hydrogen (secondary N) is 2. The molecule has 3 N–H and O–H groups in total. The van der Waals surface area contributed by atoms with Crippen molar-refractivity contribution in [2.45, 2.75) is 6.92 Å². The second kappa shape index (κ2) is 8.54. The molecule has 0 radical (unpaired) electrons. The molecule has 3 aromatic rings. The molecule has 0 unspecified atom stereocenters. The van der Waals surface area contributed by atoms with Crippen LogP contribution < -0.4 is 10.6 Å². The van der Waals surface area contributed by atoms with Crippen LogP contribution in [0.4, 0.5) is 11.4 Å². The maximum absolute atomic E-state index is 12.4. The Balaban J connectivity index is 1.72. The van der Waals surface area contributed by atoms with Gasteiger partial charge in [0.1, 0.15) is 11.8 Å². The number of aliphatic hydroxyl groups is 1. The Hall–Kier alpha value is -4.38. The number of amides is 2. The summed E-state index contributed by atoms with van der Waals surface area (Å²) in [5.41, 5.74) is 1.09. The third kappa shape index (κ3) is 4.48. The van der Waals surface area contributed by atoms with Crippen LogP contribution in [0.15, 0.2) is 70.9 Å². The number of rotatable bonds is 5. The molecule has 2 amide bonds. The molecule has 0 bridgehead atoms. The number of carbonyl (C=O) groups excluding carboxylic acids is 2. The minimum atomic E-state index is -0.799. The van der Waals surface area contributed by atoms with Crippen molar-refractivity contribution in [3.05, 3.63) is 83.3 Å². The number of benzene rings is 2. The summed E-state index contributed by atoms with van der Waals surface area (Å²) in [5.74, 6) is -1.35. The molecule has 0 saturated heterocycles. The molecule has 0 saturated carbocycles. The Morgan fingerprint density at radius 3 is 2.28 bits per heavy atom. The monoisotopic (exact) mass is 388 g/mol. The number of para-hydroxylation sites is 1. The van der Waals surface area contributed by atoms with Crippen LogP contribution in [0.3, 0.4) is 0 Å². The number of aliphatic hydroxyl groups excluding tert-OH is 1. The lowest BCUT2D eigenvalue weighted by molar-refractivity contribution is -0.112. The number of aromatic nitrogens is 1. The van der Waals surface area contributed by atoms with Crippen LogP contribution in [0.2, 0.25) is 0 Å². The molecule has 8 heteroatoms. The van der Waals surface area contributed by atoms with Crippen LogP contribution in [-0.2, 0) is 4.79 Å². The van der Waals surface area contributed by atoms with Crippen LogP contribution in [-0.4, -0.2) is 22.1 Å². The third-order valence-corrected chi connectivity index (χ3v) is 4.02. The topological polar surface area (TPSA) is 128 Å². The van der Waals surface area contributed by atoms with Crippen molar-refractivity contribution in [3.63, 3.8) is 0 Å². The summed E-state index contributed by atoms with van der Waals surface area (Å²) in [4.78, 5) is 24.6. The molecule has 1 aromatic heterocycles. The van der Waals surface area contributed by atoms with Gasteiger partial charge in [-0.2, -0.15) is 5.26 Å². The molecule has 8 nitrogen and oxygen atoms in total. The second-order valence-corrected chi connectivity index (χ2v) is 5.98. The van der Waals surface area contributed by atoms with Crippen LogP contribution in [0.5, 0.6) is 0 Å². The molecular weight excluding hydrogens is 372 g/mol. The van der Waals surface area contributed by atoms with E-state index in [2.05, 4.69) is 15.8 Å². The average molecular weight is 388 g/mol. The van der Waals surface area contributed by atoms with E-state index < -0.39 is 17.2 Å². The predicted molar refractivity (Wildman–Crippen MR) is 106 cm³/mol. The summed E-state index contributed by atoms with van der Waals surface area (Å²) >= 11 is 0. The maximum atomic E-state index is 12.4. The molecule has 144 valence electrons. The summed E-state index contributed by atoms with van der Waals surface area (Å²) in [6.45, 7) is 1.55. The number of nitriles is 1. The zero-order valence-corrected chi connectivity index (χ0v) is 15.3. The number of hydrogen-bond acceptors (Lipinski definition) is 6. The Morgan fingerprint density at radius 1 is 1.03 bits per heavy atom. The zero-order valence-electron chi connectivity index (χ0n) is 15.3. The first kappa shape index (κ1) is 19.4. The molecule has 0 aliphatic heterocycles. The van der Waals surface area contributed by atoms with Gasteiger partial charge < -0.3 is 20.3 Å². The lowest BCUT2D eigenvalue weighted by Crippen LogP contribution is -2.16. The summed E-state index contributed by atoms with van der Waals surface area (Å²) in [7, 11) is 0. The minimum Gasteiger partial charge on any atom is -0.506 e. The van der Waals surface area contributed by atoms with Crippen LogP contribution in [0.1, 0.15) is 21.7 Å². The highest BCUT2D eigenvalue weighted by atomic mass is 16.5. The normalized spacial score (nSPS) is 11.2. The number of carbonyl (C=O) groups is 2.